The molecule has 3 aliphatic rings. The topological polar surface area (TPSA) is 31.0 Å². The molecule has 1 unspecified atom stereocenters. The average molecular weight is 238 g/mol. The standard InChI is InChI=1S/C13H26N4/c1-6-11(2,3)13(15-7-8-15,16-9-10-16)17-12(4,5)14-17/h14H,6-10H2,1-5H3. The summed E-state index contributed by atoms with van der Waals surface area (Å²) >= 11 is 0. The highest BCUT2D eigenvalue weighted by Crippen LogP contribution is 2.53. The second-order valence-corrected chi connectivity index (χ2v) is 6.85. The van der Waals surface area contributed by atoms with E-state index in [1.54, 1.807) is 0 Å². The van der Waals surface area contributed by atoms with Crippen molar-refractivity contribution in [2.24, 2.45) is 5.41 Å². The van der Waals surface area contributed by atoms with Crippen molar-refractivity contribution in [1.82, 2.24) is 20.2 Å². The highest BCUT2D eigenvalue weighted by atomic mass is 15.9. The molecule has 0 aromatic carbocycles. The van der Waals surface area contributed by atoms with E-state index in [1.807, 2.05) is 0 Å². The molecular weight excluding hydrogens is 212 g/mol. The van der Waals surface area contributed by atoms with E-state index in [0.717, 1.165) is 0 Å². The Labute approximate surface area is 105 Å². The molecule has 0 amide bonds. The minimum absolute atomic E-state index is 0.102. The van der Waals surface area contributed by atoms with Crippen LogP contribution in [0.15, 0.2) is 0 Å². The minimum atomic E-state index is 0.102. The molecule has 3 aliphatic heterocycles. The Balaban J connectivity index is 1.99. The molecule has 0 radical (unpaired) electrons. The van der Waals surface area contributed by atoms with Crippen molar-refractivity contribution in [3.63, 3.8) is 0 Å². The maximum Gasteiger partial charge on any atom is 0.151 e. The summed E-state index contributed by atoms with van der Waals surface area (Å²) in [5, 5.41) is 2.49. The van der Waals surface area contributed by atoms with Gasteiger partial charge in [-0.25, -0.2) is 5.43 Å². The van der Waals surface area contributed by atoms with Gasteiger partial charge >= 0.3 is 0 Å². The first-order valence-corrected chi connectivity index (χ1v) is 6.94. The van der Waals surface area contributed by atoms with Gasteiger partial charge in [0.2, 0.25) is 0 Å². The van der Waals surface area contributed by atoms with Gasteiger partial charge < -0.3 is 0 Å². The van der Waals surface area contributed by atoms with Crippen LogP contribution in [0.5, 0.6) is 0 Å². The van der Waals surface area contributed by atoms with E-state index in [9.17, 15) is 0 Å². The lowest BCUT2D eigenvalue weighted by molar-refractivity contribution is -0.127. The van der Waals surface area contributed by atoms with Gasteiger partial charge in [-0.3, -0.25) is 9.80 Å². The predicted octanol–water partition coefficient (Wildman–Crippen LogP) is 1.26. The Bertz CT molecular complexity index is 316. The Hall–Kier alpha value is -0.160. The second kappa shape index (κ2) is 3.23. The number of hydrogen-bond donors (Lipinski definition) is 1. The molecule has 17 heavy (non-hydrogen) atoms. The lowest BCUT2D eigenvalue weighted by atomic mass is 9.80. The highest BCUT2D eigenvalue weighted by Gasteiger charge is 2.70. The molecule has 0 spiro atoms. The van der Waals surface area contributed by atoms with Crippen molar-refractivity contribution in [1.29, 1.82) is 0 Å². The van der Waals surface area contributed by atoms with Crippen LogP contribution in [0.3, 0.4) is 0 Å². The first-order valence-electron chi connectivity index (χ1n) is 6.94. The molecule has 3 heterocycles. The Kier molecular flexibility index (Phi) is 2.26. The maximum absolute atomic E-state index is 3.58. The summed E-state index contributed by atoms with van der Waals surface area (Å²) in [5.41, 5.74) is 4.01. The van der Waals surface area contributed by atoms with Crippen molar-refractivity contribution >= 4 is 0 Å². The van der Waals surface area contributed by atoms with Crippen LogP contribution >= 0.6 is 0 Å². The monoisotopic (exact) mass is 238 g/mol. The summed E-state index contributed by atoms with van der Waals surface area (Å²) in [6.45, 7) is 16.7. The SMILES string of the molecule is CCC(C)(C)C(N1CC1)(N1CC1)N1NC1(C)C. The largest absolute Gasteiger partial charge is 0.269 e. The summed E-state index contributed by atoms with van der Waals surface area (Å²) in [6.07, 6.45) is 1.20. The van der Waals surface area contributed by atoms with Gasteiger partial charge in [0.25, 0.3) is 0 Å². The average Bonchev–Trinajstić information content (AvgIpc) is 3.04. The van der Waals surface area contributed by atoms with E-state index in [4.69, 9.17) is 0 Å². The zero-order chi connectivity index (χ0) is 12.5. The van der Waals surface area contributed by atoms with Crippen LogP contribution in [0.25, 0.3) is 0 Å². The third-order valence-electron chi connectivity index (χ3n) is 4.77. The first-order chi connectivity index (χ1) is 7.86. The molecule has 0 aromatic heterocycles. The molecule has 3 saturated heterocycles. The van der Waals surface area contributed by atoms with Gasteiger partial charge in [-0.15, -0.1) is 0 Å². The Morgan fingerprint density at radius 2 is 1.47 bits per heavy atom. The zero-order valence-electron chi connectivity index (χ0n) is 11.9. The van der Waals surface area contributed by atoms with E-state index in [0.29, 0.717) is 0 Å². The summed E-state index contributed by atoms with van der Waals surface area (Å²) < 4.78 is 0. The lowest BCUT2D eigenvalue weighted by Gasteiger charge is -2.50. The minimum Gasteiger partial charge on any atom is -0.269 e. The maximum atomic E-state index is 3.58. The molecular formula is C13H26N4. The van der Waals surface area contributed by atoms with Crippen LogP contribution in [0, 0.1) is 5.41 Å². The zero-order valence-corrected chi connectivity index (χ0v) is 11.9. The van der Waals surface area contributed by atoms with Gasteiger partial charge in [-0.2, -0.15) is 5.01 Å². The summed E-state index contributed by atoms with van der Waals surface area (Å²) in [7, 11) is 0. The van der Waals surface area contributed by atoms with Gasteiger partial charge in [0.1, 0.15) is 0 Å². The molecule has 1 N–H and O–H groups in total. The van der Waals surface area contributed by atoms with Gasteiger partial charge in [-0.1, -0.05) is 20.8 Å². The van der Waals surface area contributed by atoms with Gasteiger partial charge in [0, 0.05) is 31.6 Å². The molecule has 3 fully saturated rings. The van der Waals surface area contributed by atoms with Crippen molar-refractivity contribution in [2.75, 3.05) is 26.2 Å². The molecule has 0 aliphatic carbocycles. The van der Waals surface area contributed by atoms with Crippen molar-refractivity contribution in [3.05, 3.63) is 0 Å². The van der Waals surface area contributed by atoms with Gasteiger partial charge in [-0.05, 0) is 20.3 Å². The third kappa shape index (κ3) is 1.51. The molecule has 3 rings (SSSR count). The van der Waals surface area contributed by atoms with E-state index < -0.39 is 0 Å². The van der Waals surface area contributed by atoms with Crippen molar-refractivity contribution in [3.8, 4) is 0 Å². The lowest BCUT2D eigenvalue weighted by Crippen LogP contribution is -2.64. The molecule has 4 heteroatoms. The molecule has 0 aromatic rings. The summed E-state index contributed by atoms with van der Waals surface area (Å²) in [4.78, 5) is 5.26. The number of nitrogens with one attached hydrogen (secondary N) is 1. The van der Waals surface area contributed by atoms with E-state index in [-0.39, 0.29) is 16.9 Å². The first kappa shape index (κ1) is 11.9. The summed E-state index contributed by atoms with van der Waals surface area (Å²) in [5.74, 6) is 0.102. The van der Waals surface area contributed by atoms with Crippen molar-refractivity contribution < 1.29 is 0 Å². The smallest absolute Gasteiger partial charge is 0.151 e. The van der Waals surface area contributed by atoms with Gasteiger partial charge in [0.05, 0.1) is 5.66 Å². The highest BCUT2D eigenvalue weighted by molar-refractivity contribution is 5.14. The fourth-order valence-corrected chi connectivity index (χ4v) is 3.32. The van der Waals surface area contributed by atoms with E-state index in [1.165, 1.54) is 32.6 Å². The number of hydrogen-bond acceptors (Lipinski definition) is 4. The van der Waals surface area contributed by atoms with Crippen LogP contribution in [0.4, 0.5) is 0 Å². The number of hydrazine groups is 1. The van der Waals surface area contributed by atoms with Crippen LogP contribution in [0.1, 0.15) is 41.0 Å². The molecule has 4 nitrogen and oxygen atoms in total. The van der Waals surface area contributed by atoms with Crippen LogP contribution < -0.4 is 5.43 Å². The van der Waals surface area contributed by atoms with E-state index in [2.05, 4.69) is 54.9 Å². The Morgan fingerprint density at radius 1 is 1.06 bits per heavy atom. The predicted molar refractivity (Wildman–Crippen MR) is 69.0 cm³/mol. The number of nitrogens with zero attached hydrogens (tertiary/aromatic N) is 3. The quantitative estimate of drug-likeness (QED) is 0.731. The fourth-order valence-electron chi connectivity index (χ4n) is 3.32. The van der Waals surface area contributed by atoms with Crippen LogP contribution in [-0.4, -0.2) is 52.4 Å². The third-order valence-corrected chi connectivity index (χ3v) is 4.77. The van der Waals surface area contributed by atoms with E-state index >= 15 is 0 Å². The fraction of sp³-hybridized carbons (Fsp3) is 1.00. The molecule has 1 atom stereocenters. The van der Waals surface area contributed by atoms with Crippen LogP contribution in [-0.2, 0) is 0 Å². The number of rotatable bonds is 5. The molecule has 0 saturated carbocycles. The van der Waals surface area contributed by atoms with Crippen molar-refractivity contribution in [2.45, 2.75) is 52.5 Å². The molecule has 0 bridgehead atoms. The van der Waals surface area contributed by atoms with Crippen LogP contribution in [0.2, 0.25) is 0 Å². The second-order valence-electron chi connectivity index (χ2n) is 6.85. The Morgan fingerprint density at radius 3 is 1.71 bits per heavy atom. The molecule has 98 valence electrons. The normalized spacial score (nSPS) is 32.6. The summed E-state index contributed by atoms with van der Waals surface area (Å²) in [6, 6.07) is 0. The van der Waals surface area contributed by atoms with Gasteiger partial charge in [0.15, 0.2) is 5.79 Å².